The number of H-pyrrole nitrogens is 1. The molecule has 0 saturated carbocycles. The maximum absolute atomic E-state index is 11.6. The van der Waals surface area contributed by atoms with Gasteiger partial charge in [-0.25, -0.2) is 5.10 Å². The van der Waals surface area contributed by atoms with E-state index in [1.807, 2.05) is 0 Å². The van der Waals surface area contributed by atoms with Crippen LogP contribution in [0.2, 0.25) is 0 Å². The van der Waals surface area contributed by atoms with Crippen molar-refractivity contribution in [2.24, 2.45) is 0 Å². The Bertz CT molecular complexity index is 753. The first-order valence-corrected chi connectivity index (χ1v) is 6.02. The van der Waals surface area contributed by atoms with Crippen LogP contribution >= 0.6 is 0 Å². The molecule has 21 heavy (non-hydrogen) atoms. The molecule has 0 spiro atoms. The van der Waals surface area contributed by atoms with Gasteiger partial charge in [0.05, 0.1) is 10.6 Å². The Labute approximate surface area is 118 Å². The Morgan fingerprint density at radius 1 is 1.38 bits per heavy atom. The van der Waals surface area contributed by atoms with Gasteiger partial charge >= 0.3 is 5.97 Å². The molecule has 0 aliphatic rings. The lowest BCUT2D eigenvalue weighted by Crippen LogP contribution is -2.15. The first-order valence-electron chi connectivity index (χ1n) is 6.02. The SMILES string of the molecule is O=C(O)CCc1cc(-c2cccc([N+](=O)[O-])c2)n[nH]c1=O. The molecule has 108 valence electrons. The van der Waals surface area contributed by atoms with E-state index in [1.165, 1.54) is 24.3 Å². The van der Waals surface area contributed by atoms with Gasteiger partial charge in [0.2, 0.25) is 0 Å². The molecule has 8 nitrogen and oxygen atoms in total. The predicted octanol–water partition coefficient (Wildman–Crippen LogP) is 1.36. The molecular formula is C13H11N3O5. The number of carboxylic acids is 1. The predicted molar refractivity (Wildman–Crippen MR) is 72.9 cm³/mol. The summed E-state index contributed by atoms with van der Waals surface area (Å²) in [6, 6.07) is 7.26. The van der Waals surface area contributed by atoms with E-state index in [2.05, 4.69) is 10.2 Å². The Hall–Kier alpha value is -3.03. The molecule has 0 amide bonds. The molecule has 1 aromatic heterocycles. The number of nitrogens with zero attached hydrogens (tertiary/aromatic N) is 2. The van der Waals surface area contributed by atoms with E-state index in [-0.39, 0.29) is 24.1 Å². The molecule has 0 aliphatic carbocycles. The lowest BCUT2D eigenvalue weighted by atomic mass is 10.1. The molecule has 1 heterocycles. The molecule has 0 fully saturated rings. The number of hydrogen-bond acceptors (Lipinski definition) is 5. The van der Waals surface area contributed by atoms with Gasteiger partial charge < -0.3 is 5.11 Å². The Morgan fingerprint density at radius 3 is 2.81 bits per heavy atom. The number of non-ortho nitro benzene ring substituents is 1. The van der Waals surface area contributed by atoms with E-state index in [1.54, 1.807) is 6.07 Å². The van der Waals surface area contributed by atoms with Crippen LogP contribution in [0.5, 0.6) is 0 Å². The Kier molecular flexibility index (Phi) is 4.07. The molecule has 0 radical (unpaired) electrons. The van der Waals surface area contributed by atoms with Crippen molar-refractivity contribution in [3.8, 4) is 11.3 Å². The summed E-state index contributed by atoms with van der Waals surface area (Å²) in [6.07, 6.45) is -0.114. The molecule has 0 aliphatic heterocycles. The molecular weight excluding hydrogens is 278 g/mol. The van der Waals surface area contributed by atoms with Gasteiger partial charge in [-0.3, -0.25) is 19.7 Å². The summed E-state index contributed by atoms with van der Waals surface area (Å²) in [4.78, 5) is 32.3. The minimum atomic E-state index is -1.01. The summed E-state index contributed by atoms with van der Waals surface area (Å²) < 4.78 is 0. The number of nitrogens with one attached hydrogen (secondary N) is 1. The van der Waals surface area contributed by atoms with E-state index in [4.69, 9.17) is 5.11 Å². The molecule has 0 atom stereocenters. The summed E-state index contributed by atoms with van der Waals surface area (Å²) >= 11 is 0. The van der Waals surface area contributed by atoms with E-state index in [0.717, 1.165) is 0 Å². The van der Waals surface area contributed by atoms with Gasteiger partial charge in [-0.15, -0.1) is 0 Å². The number of hydrogen-bond donors (Lipinski definition) is 2. The highest BCUT2D eigenvalue weighted by atomic mass is 16.6. The number of carbonyl (C=O) groups is 1. The van der Waals surface area contributed by atoms with Crippen molar-refractivity contribution in [1.82, 2.24) is 10.2 Å². The maximum Gasteiger partial charge on any atom is 0.303 e. The van der Waals surface area contributed by atoms with E-state index < -0.39 is 16.5 Å². The zero-order chi connectivity index (χ0) is 15.4. The third kappa shape index (κ3) is 3.50. The third-order valence-electron chi connectivity index (χ3n) is 2.84. The summed E-state index contributed by atoms with van der Waals surface area (Å²) in [5.74, 6) is -1.01. The summed E-state index contributed by atoms with van der Waals surface area (Å²) in [5.41, 5.74) is 0.530. The number of benzene rings is 1. The fraction of sp³-hybridized carbons (Fsp3) is 0.154. The quantitative estimate of drug-likeness (QED) is 0.632. The third-order valence-corrected chi connectivity index (χ3v) is 2.84. The highest BCUT2D eigenvalue weighted by Gasteiger charge is 2.11. The van der Waals surface area contributed by atoms with Gasteiger partial charge in [0.25, 0.3) is 11.2 Å². The van der Waals surface area contributed by atoms with Crippen LogP contribution in [0.25, 0.3) is 11.3 Å². The lowest BCUT2D eigenvalue weighted by molar-refractivity contribution is -0.384. The average Bonchev–Trinajstić information content (AvgIpc) is 2.46. The van der Waals surface area contributed by atoms with Crippen LogP contribution in [0.4, 0.5) is 5.69 Å². The fourth-order valence-corrected chi connectivity index (χ4v) is 1.80. The molecule has 0 bridgehead atoms. The first-order chi connectivity index (χ1) is 9.97. The molecule has 0 unspecified atom stereocenters. The maximum atomic E-state index is 11.6. The van der Waals surface area contributed by atoms with E-state index in [0.29, 0.717) is 11.3 Å². The largest absolute Gasteiger partial charge is 0.481 e. The van der Waals surface area contributed by atoms with Gasteiger partial charge in [-0.2, -0.15) is 5.10 Å². The average molecular weight is 289 g/mol. The molecule has 0 saturated heterocycles. The van der Waals surface area contributed by atoms with Crippen molar-refractivity contribution < 1.29 is 14.8 Å². The normalized spacial score (nSPS) is 10.3. The van der Waals surface area contributed by atoms with Crippen LogP contribution < -0.4 is 5.56 Å². The summed E-state index contributed by atoms with van der Waals surface area (Å²) in [7, 11) is 0. The highest BCUT2D eigenvalue weighted by molar-refractivity contribution is 5.67. The number of carboxylic acid groups (broad SMARTS) is 1. The van der Waals surface area contributed by atoms with Crippen molar-refractivity contribution in [2.75, 3.05) is 0 Å². The van der Waals surface area contributed by atoms with Gasteiger partial charge in [-0.1, -0.05) is 12.1 Å². The minimum absolute atomic E-state index is 0.0646. The van der Waals surface area contributed by atoms with E-state index >= 15 is 0 Å². The summed E-state index contributed by atoms with van der Waals surface area (Å²) in [5, 5.41) is 25.5. The lowest BCUT2D eigenvalue weighted by Gasteiger charge is -2.03. The minimum Gasteiger partial charge on any atom is -0.481 e. The van der Waals surface area contributed by atoms with Gasteiger partial charge in [-0.05, 0) is 12.5 Å². The highest BCUT2D eigenvalue weighted by Crippen LogP contribution is 2.21. The zero-order valence-electron chi connectivity index (χ0n) is 10.8. The monoisotopic (exact) mass is 289 g/mol. The second-order valence-electron chi connectivity index (χ2n) is 4.31. The standard InChI is InChI=1S/C13H11N3O5/c17-12(18)5-4-9-7-11(14-15-13(9)19)8-2-1-3-10(6-8)16(20)21/h1-3,6-7H,4-5H2,(H,15,19)(H,17,18). The zero-order valence-corrected chi connectivity index (χ0v) is 10.8. The molecule has 2 aromatic rings. The van der Waals surface area contributed by atoms with Crippen LogP contribution in [0.3, 0.4) is 0 Å². The number of aromatic nitrogens is 2. The van der Waals surface area contributed by atoms with Crippen molar-refractivity contribution in [2.45, 2.75) is 12.8 Å². The smallest absolute Gasteiger partial charge is 0.303 e. The fourth-order valence-electron chi connectivity index (χ4n) is 1.80. The van der Waals surface area contributed by atoms with Crippen LogP contribution in [0.1, 0.15) is 12.0 Å². The molecule has 8 heteroatoms. The van der Waals surface area contributed by atoms with Gasteiger partial charge in [0, 0.05) is 29.7 Å². The van der Waals surface area contributed by atoms with Gasteiger partial charge in [0.15, 0.2) is 0 Å². The number of nitro benzene ring substituents is 1. The number of rotatable bonds is 5. The number of nitro groups is 1. The van der Waals surface area contributed by atoms with Crippen molar-refractivity contribution in [3.05, 3.63) is 56.4 Å². The van der Waals surface area contributed by atoms with Crippen molar-refractivity contribution in [3.63, 3.8) is 0 Å². The number of aromatic amines is 1. The second kappa shape index (κ2) is 5.95. The van der Waals surface area contributed by atoms with E-state index in [9.17, 15) is 19.7 Å². The van der Waals surface area contributed by atoms with Crippen LogP contribution in [0, 0.1) is 10.1 Å². The molecule has 1 aromatic carbocycles. The summed E-state index contributed by atoms with van der Waals surface area (Å²) in [6.45, 7) is 0. The van der Waals surface area contributed by atoms with Crippen LogP contribution in [0.15, 0.2) is 35.1 Å². The molecule has 2 N–H and O–H groups in total. The van der Waals surface area contributed by atoms with Crippen LogP contribution in [-0.2, 0) is 11.2 Å². The number of aliphatic carboxylic acids is 1. The Balaban J connectivity index is 2.38. The van der Waals surface area contributed by atoms with Gasteiger partial charge in [0.1, 0.15) is 0 Å². The Morgan fingerprint density at radius 2 is 2.14 bits per heavy atom. The number of aryl methyl sites for hydroxylation is 1. The van der Waals surface area contributed by atoms with Crippen molar-refractivity contribution in [1.29, 1.82) is 0 Å². The van der Waals surface area contributed by atoms with Crippen molar-refractivity contribution >= 4 is 11.7 Å². The molecule has 2 rings (SSSR count). The topological polar surface area (TPSA) is 126 Å². The second-order valence-corrected chi connectivity index (χ2v) is 4.31. The van der Waals surface area contributed by atoms with Crippen LogP contribution in [-0.4, -0.2) is 26.2 Å². The first kappa shape index (κ1) is 14.4.